The molecule has 0 saturated heterocycles. The standard InChI is InChI=1S/C15H13FN2/c16-13-9-5-4-8-12(13)15-10-14(17-18-15)11-6-2-1-3-7-11/h1-9,15,18H,10H2. The lowest BCUT2D eigenvalue weighted by molar-refractivity contribution is 0.549. The van der Waals surface area contributed by atoms with Crippen LogP contribution in [-0.4, -0.2) is 5.71 Å². The Balaban J connectivity index is 1.81. The summed E-state index contributed by atoms with van der Waals surface area (Å²) >= 11 is 0. The SMILES string of the molecule is Fc1ccccc1C1CC(c2ccccc2)=NN1. The van der Waals surface area contributed by atoms with Crippen LogP contribution in [0.5, 0.6) is 0 Å². The molecule has 1 aliphatic heterocycles. The number of hydrogen-bond donors (Lipinski definition) is 1. The molecule has 2 nitrogen and oxygen atoms in total. The molecule has 1 heterocycles. The highest BCUT2D eigenvalue weighted by Gasteiger charge is 2.23. The van der Waals surface area contributed by atoms with E-state index in [0.717, 1.165) is 11.3 Å². The van der Waals surface area contributed by atoms with Crippen molar-refractivity contribution < 1.29 is 4.39 Å². The molecule has 1 N–H and O–H groups in total. The highest BCUT2D eigenvalue weighted by atomic mass is 19.1. The lowest BCUT2D eigenvalue weighted by atomic mass is 9.99. The molecule has 0 saturated carbocycles. The zero-order chi connectivity index (χ0) is 12.4. The predicted molar refractivity (Wildman–Crippen MR) is 69.9 cm³/mol. The molecule has 0 spiro atoms. The Labute approximate surface area is 105 Å². The van der Waals surface area contributed by atoms with E-state index in [0.29, 0.717) is 12.0 Å². The number of halogens is 1. The Morgan fingerprint density at radius 2 is 1.72 bits per heavy atom. The Bertz CT molecular complexity index is 578. The van der Waals surface area contributed by atoms with Gasteiger partial charge in [0.2, 0.25) is 0 Å². The normalized spacial score (nSPS) is 18.3. The summed E-state index contributed by atoms with van der Waals surface area (Å²) in [5, 5.41) is 4.30. The van der Waals surface area contributed by atoms with E-state index in [4.69, 9.17) is 0 Å². The van der Waals surface area contributed by atoms with Crippen LogP contribution in [0.2, 0.25) is 0 Å². The maximum Gasteiger partial charge on any atom is 0.128 e. The van der Waals surface area contributed by atoms with Gasteiger partial charge < -0.3 is 5.43 Å². The van der Waals surface area contributed by atoms with Crippen molar-refractivity contribution in [3.05, 3.63) is 71.5 Å². The first-order valence-electron chi connectivity index (χ1n) is 5.96. The van der Waals surface area contributed by atoms with Gasteiger partial charge in [-0.25, -0.2) is 4.39 Å². The summed E-state index contributed by atoms with van der Waals surface area (Å²) < 4.78 is 13.7. The lowest BCUT2D eigenvalue weighted by Crippen LogP contribution is -2.11. The van der Waals surface area contributed by atoms with Gasteiger partial charge in [-0.1, -0.05) is 48.5 Å². The van der Waals surface area contributed by atoms with Crippen molar-refractivity contribution in [2.75, 3.05) is 0 Å². The van der Waals surface area contributed by atoms with Crippen molar-refractivity contribution in [3.8, 4) is 0 Å². The van der Waals surface area contributed by atoms with Crippen molar-refractivity contribution in [1.82, 2.24) is 5.43 Å². The van der Waals surface area contributed by atoms with Gasteiger partial charge in [0.15, 0.2) is 0 Å². The third-order valence-electron chi connectivity index (χ3n) is 3.14. The van der Waals surface area contributed by atoms with Gasteiger partial charge in [-0.2, -0.15) is 5.10 Å². The fourth-order valence-electron chi connectivity index (χ4n) is 2.19. The molecule has 0 bridgehead atoms. The summed E-state index contributed by atoms with van der Waals surface area (Å²) in [5.41, 5.74) is 5.75. The molecule has 1 aliphatic rings. The molecule has 1 unspecified atom stereocenters. The van der Waals surface area contributed by atoms with Crippen LogP contribution in [0, 0.1) is 5.82 Å². The number of rotatable bonds is 2. The lowest BCUT2D eigenvalue weighted by Gasteiger charge is -2.10. The summed E-state index contributed by atoms with van der Waals surface area (Å²) in [6.45, 7) is 0. The molecule has 3 heteroatoms. The van der Waals surface area contributed by atoms with Crippen molar-refractivity contribution in [2.24, 2.45) is 5.10 Å². The maximum atomic E-state index is 13.7. The molecule has 0 radical (unpaired) electrons. The topological polar surface area (TPSA) is 24.4 Å². The molecule has 90 valence electrons. The molecular weight excluding hydrogens is 227 g/mol. The van der Waals surface area contributed by atoms with Crippen molar-refractivity contribution in [1.29, 1.82) is 0 Å². The van der Waals surface area contributed by atoms with E-state index >= 15 is 0 Å². The first-order valence-corrected chi connectivity index (χ1v) is 5.96. The van der Waals surface area contributed by atoms with E-state index in [1.807, 2.05) is 36.4 Å². The minimum absolute atomic E-state index is 0.0681. The maximum absolute atomic E-state index is 13.7. The predicted octanol–water partition coefficient (Wildman–Crippen LogP) is 3.26. The van der Waals surface area contributed by atoms with Crippen LogP contribution < -0.4 is 5.43 Å². The van der Waals surface area contributed by atoms with E-state index in [1.54, 1.807) is 12.1 Å². The average Bonchev–Trinajstić information content (AvgIpc) is 2.90. The van der Waals surface area contributed by atoms with E-state index in [-0.39, 0.29) is 11.9 Å². The van der Waals surface area contributed by atoms with Crippen molar-refractivity contribution >= 4 is 5.71 Å². The van der Waals surface area contributed by atoms with Gasteiger partial charge in [-0.3, -0.25) is 0 Å². The number of hydrogen-bond acceptors (Lipinski definition) is 2. The average molecular weight is 240 g/mol. The second-order valence-corrected chi connectivity index (χ2v) is 4.33. The molecule has 18 heavy (non-hydrogen) atoms. The summed E-state index contributed by atoms with van der Waals surface area (Å²) in [4.78, 5) is 0. The number of nitrogens with zero attached hydrogens (tertiary/aromatic N) is 1. The molecule has 2 aromatic carbocycles. The minimum Gasteiger partial charge on any atom is -0.302 e. The van der Waals surface area contributed by atoms with Gasteiger partial charge >= 0.3 is 0 Å². The third kappa shape index (κ3) is 1.99. The highest BCUT2D eigenvalue weighted by Crippen LogP contribution is 2.26. The first kappa shape index (κ1) is 11.0. The largest absolute Gasteiger partial charge is 0.302 e. The number of nitrogens with one attached hydrogen (secondary N) is 1. The number of benzene rings is 2. The van der Waals surface area contributed by atoms with E-state index in [2.05, 4.69) is 10.5 Å². The van der Waals surface area contributed by atoms with Crippen LogP contribution in [0.25, 0.3) is 0 Å². The van der Waals surface area contributed by atoms with E-state index < -0.39 is 0 Å². The first-order chi connectivity index (χ1) is 8.84. The minimum atomic E-state index is -0.181. The van der Waals surface area contributed by atoms with Gasteiger partial charge in [0.05, 0.1) is 11.8 Å². The molecule has 0 aliphatic carbocycles. The Hall–Kier alpha value is -2.16. The van der Waals surface area contributed by atoms with Crippen molar-refractivity contribution in [2.45, 2.75) is 12.5 Å². The smallest absolute Gasteiger partial charge is 0.128 e. The Morgan fingerprint density at radius 1 is 1.00 bits per heavy atom. The molecule has 0 amide bonds. The quantitative estimate of drug-likeness (QED) is 0.856. The third-order valence-corrected chi connectivity index (χ3v) is 3.14. The Morgan fingerprint density at radius 3 is 2.50 bits per heavy atom. The molecule has 1 atom stereocenters. The second kappa shape index (κ2) is 4.61. The Kier molecular flexibility index (Phi) is 2.81. The zero-order valence-corrected chi connectivity index (χ0v) is 9.81. The second-order valence-electron chi connectivity index (χ2n) is 4.33. The van der Waals surface area contributed by atoms with Crippen molar-refractivity contribution in [3.63, 3.8) is 0 Å². The summed E-state index contributed by atoms with van der Waals surface area (Å²) in [5.74, 6) is -0.181. The summed E-state index contributed by atoms with van der Waals surface area (Å²) in [6.07, 6.45) is 0.713. The van der Waals surface area contributed by atoms with E-state index in [9.17, 15) is 4.39 Å². The fourth-order valence-corrected chi connectivity index (χ4v) is 2.19. The fraction of sp³-hybridized carbons (Fsp3) is 0.133. The van der Waals surface area contributed by atoms with Gasteiger partial charge in [-0.15, -0.1) is 0 Å². The van der Waals surface area contributed by atoms with E-state index in [1.165, 1.54) is 6.07 Å². The van der Waals surface area contributed by atoms with Gasteiger partial charge in [0.25, 0.3) is 0 Å². The number of hydrazone groups is 1. The summed E-state index contributed by atoms with van der Waals surface area (Å²) in [6, 6.07) is 16.7. The van der Waals surface area contributed by atoms with Crippen LogP contribution in [0.1, 0.15) is 23.6 Å². The molecular formula is C15H13FN2. The molecule has 0 fully saturated rings. The van der Waals surface area contributed by atoms with Gasteiger partial charge in [0, 0.05) is 12.0 Å². The molecule has 2 aromatic rings. The molecule has 0 aromatic heterocycles. The summed E-state index contributed by atoms with van der Waals surface area (Å²) in [7, 11) is 0. The zero-order valence-electron chi connectivity index (χ0n) is 9.81. The van der Waals surface area contributed by atoms with Crippen LogP contribution >= 0.6 is 0 Å². The highest BCUT2D eigenvalue weighted by molar-refractivity contribution is 6.01. The van der Waals surface area contributed by atoms with Crippen LogP contribution in [-0.2, 0) is 0 Å². The monoisotopic (exact) mass is 240 g/mol. The van der Waals surface area contributed by atoms with Crippen LogP contribution in [0.15, 0.2) is 59.7 Å². The van der Waals surface area contributed by atoms with Gasteiger partial charge in [-0.05, 0) is 11.6 Å². The van der Waals surface area contributed by atoms with Crippen LogP contribution in [0.3, 0.4) is 0 Å². The van der Waals surface area contributed by atoms with Crippen LogP contribution in [0.4, 0.5) is 4.39 Å². The van der Waals surface area contributed by atoms with Gasteiger partial charge in [0.1, 0.15) is 5.82 Å². The molecule has 3 rings (SSSR count).